The number of rotatable bonds is 3. The van der Waals surface area contributed by atoms with Crippen LogP contribution in [0, 0.1) is 6.92 Å². The fraction of sp³-hybridized carbons (Fsp3) is 0.333. The minimum atomic E-state index is 0.142. The van der Waals surface area contributed by atoms with Crippen molar-refractivity contribution >= 4 is 28.0 Å². The number of benzene rings is 1. The highest BCUT2D eigenvalue weighted by atomic mass is 32.1. The van der Waals surface area contributed by atoms with Gasteiger partial charge in [-0.25, -0.2) is 0 Å². The highest BCUT2D eigenvalue weighted by Gasteiger charge is 2.27. The maximum Gasteiger partial charge on any atom is 0.263 e. The average molecular weight is 366 g/mol. The Kier molecular flexibility index (Phi) is 4.64. The molecule has 1 unspecified atom stereocenters. The monoisotopic (exact) mass is 366 g/mol. The van der Waals surface area contributed by atoms with Crippen molar-refractivity contribution in [3.05, 3.63) is 58.0 Å². The molecule has 1 fully saturated rings. The second-order valence-corrected chi connectivity index (χ2v) is 7.74. The lowest BCUT2D eigenvalue weighted by molar-refractivity contribution is 0.0711. The second-order valence-electron chi connectivity index (χ2n) is 6.79. The average Bonchev–Trinajstić information content (AvgIpc) is 3.22. The standard InChI is InChI=1S/C21H22N2O2S/c1-14-17-11-18(22-12-15(17)7-8-19(14)25-2)16-5-3-9-23(13-16)21(24)20-6-4-10-26-20/h4,6-8,10-12,16H,3,5,9,13H2,1-2H3. The zero-order chi connectivity index (χ0) is 18.1. The van der Waals surface area contributed by atoms with Gasteiger partial charge in [0.05, 0.1) is 12.0 Å². The molecule has 1 aliphatic heterocycles. The molecule has 0 N–H and O–H groups in total. The van der Waals surface area contributed by atoms with E-state index in [4.69, 9.17) is 9.72 Å². The summed E-state index contributed by atoms with van der Waals surface area (Å²) in [5.74, 6) is 1.32. The summed E-state index contributed by atoms with van der Waals surface area (Å²) in [5, 5.41) is 4.25. The normalized spacial score (nSPS) is 17.5. The number of hydrogen-bond donors (Lipinski definition) is 0. The number of carbonyl (C=O) groups excluding carboxylic acids is 1. The van der Waals surface area contributed by atoms with E-state index < -0.39 is 0 Å². The van der Waals surface area contributed by atoms with Crippen LogP contribution in [0.2, 0.25) is 0 Å². The van der Waals surface area contributed by atoms with Gasteiger partial charge in [-0.1, -0.05) is 6.07 Å². The first-order valence-corrected chi connectivity index (χ1v) is 9.81. The third-order valence-corrected chi connectivity index (χ3v) is 6.08. The van der Waals surface area contributed by atoms with Crippen molar-refractivity contribution in [3.63, 3.8) is 0 Å². The predicted molar refractivity (Wildman–Crippen MR) is 105 cm³/mol. The van der Waals surface area contributed by atoms with E-state index in [1.165, 1.54) is 16.7 Å². The van der Waals surface area contributed by atoms with Crippen molar-refractivity contribution in [2.45, 2.75) is 25.7 Å². The quantitative estimate of drug-likeness (QED) is 0.678. The van der Waals surface area contributed by atoms with Crippen molar-refractivity contribution in [2.75, 3.05) is 20.2 Å². The van der Waals surface area contributed by atoms with E-state index in [9.17, 15) is 4.79 Å². The molecule has 26 heavy (non-hydrogen) atoms. The van der Waals surface area contributed by atoms with E-state index in [0.29, 0.717) is 0 Å². The Morgan fingerprint density at radius 2 is 2.23 bits per heavy atom. The second kappa shape index (κ2) is 7.08. The topological polar surface area (TPSA) is 42.4 Å². The van der Waals surface area contributed by atoms with Crippen molar-refractivity contribution < 1.29 is 9.53 Å². The molecule has 1 aliphatic rings. The molecule has 5 heteroatoms. The minimum Gasteiger partial charge on any atom is -0.496 e. The van der Waals surface area contributed by atoms with Gasteiger partial charge in [0, 0.05) is 36.3 Å². The summed E-state index contributed by atoms with van der Waals surface area (Å²) in [6, 6.07) is 10.0. The number of fused-ring (bicyclic) bond motifs is 1. The van der Waals surface area contributed by atoms with Gasteiger partial charge >= 0.3 is 0 Å². The Morgan fingerprint density at radius 3 is 3.00 bits per heavy atom. The molecule has 4 rings (SSSR count). The van der Waals surface area contributed by atoms with Crippen LogP contribution in [-0.4, -0.2) is 36.0 Å². The summed E-state index contributed by atoms with van der Waals surface area (Å²) in [4.78, 5) is 20.2. The SMILES string of the molecule is COc1ccc2cnc(C3CCCN(C(=O)c4cccs4)C3)cc2c1C. The minimum absolute atomic E-state index is 0.142. The number of amides is 1. The van der Waals surface area contributed by atoms with E-state index in [2.05, 4.69) is 13.0 Å². The van der Waals surface area contributed by atoms with Crippen LogP contribution in [0.1, 0.15) is 39.7 Å². The van der Waals surface area contributed by atoms with Gasteiger partial charge in [0.25, 0.3) is 5.91 Å². The smallest absolute Gasteiger partial charge is 0.263 e. The maximum absolute atomic E-state index is 12.7. The first-order valence-electron chi connectivity index (χ1n) is 8.93. The van der Waals surface area contributed by atoms with Gasteiger partial charge in [0.15, 0.2) is 0 Å². The zero-order valence-corrected chi connectivity index (χ0v) is 15.9. The summed E-state index contributed by atoms with van der Waals surface area (Å²) in [6.45, 7) is 3.64. The number of pyridine rings is 1. The van der Waals surface area contributed by atoms with Gasteiger partial charge in [-0.2, -0.15) is 0 Å². The summed E-state index contributed by atoms with van der Waals surface area (Å²) in [5.41, 5.74) is 2.20. The fourth-order valence-corrected chi connectivity index (χ4v) is 4.46. The number of likely N-dealkylation sites (tertiary alicyclic amines) is 1. The van der Waals surface area contributed by atoms with Crippen LogP contribution in [0.25, 0.3) is 10.8 Å². The molecule has 1 atom stereocenters. The Morgan fingerprint density at radius 1 is 1.35 bits per heavy atom. The Hall–Kier alpha value is -2.40. The van der Waals surface area contributed by atoms with Gasteiger partial charge in [0.2, 0.25) is 0 Å². The first-order chi connectivity index (χ1) is 12.7. The molecule has 4 nitrogen and oxygen atoms in total. The van der Waals surface area contributed by atoms with E-state index in [1.807, 2.05) is 40.7 Å². The number of methoxy groups -OCH3 is 1. The molecule has 134 valence electrons. The number of nitrogens with zero attached hydrogens (tertiary/aromatic N) is 2. The lowest BCUT2D eigenvalue weighted by Gasteiger charge is -2.32. The van der Waals surface area contributed by atoms with Crippen molar-refractivity contribution in [1.29, 1.82) is 0 Å². The molecule has 2 aromatic heterocycles. The van der Waals surface area contributed by atoms with E-state index >= 15 is 0 Å². The molecule has 0 saturated carbocycles. The molecule has 0 aliphatic carbocycles. The van der Waals surface area contributed by atoms with Gasteiger partial charge in [-0.15, -0.1) is 11.3 Å². The number of aromatic nitrogens is 1. The van der Waals surface area contributed by atoms with Crippen molar-refractivity contribution in [2.24, 2.45) is 0 Å². The summed E-state index contributed by atoms with van der Waals surface area (Å²) < 4.78 is 5.46. The molecule has 1 amide bonds. The van der Waals surface area contributed by atoms with E-state index in [1.54, 1.807) is 7.11 Å². The summed E-state index contributed by atoms with van der Waals surface area (Å²) in [7, 11) is 1.70. The van der Waals surface area contributed by atoms with Gasteiger partial charge in [-0.3, -0.25) is 9.78 Å². The Labute approximate surface area is 157 Å². The number of piperidine rings is 1. The van der Waals surface area contributed by atoms with Crippen LogP contribution in [-0.2, 0) is 0 Å². The molecular weight excluding hydrogens is 344 g/mol. The Balaban J connectivity index is 1.62. The zero-order valence-electron chi connectivity index (χ0n) is 15.1. The summed E-state index contributed by atoms with van der Waals surface area (Å²) in [6.07, 6.45) is 4.02. The number of carbonyl (C=O) groups is 1. The molecule has 0 spiro atoms. The molecule has 0 bridgehead atoms. The molecular formula is C21H22N2O2S. The van der Waals surface area contributed by atoms with E-state index in [-0.39, 0.29) is 11.8 Å². The molecule has 3 aromatic rings. The molecule has 3 heterocycles. The van der Waals surface area contributed by atoms with Crippen LogP contribution in [0.15, 0.2) is 41.9 Å². The number of ether oxygens (including phenoxy) is 1. The summed E-state index contributed by atoms with van der Waals surface area (Å²) >= 11 is 1.51. The lowest BCUT2D eigenvalue weighted by atomic mass is 9.92. The third-order valence-electron chi connectivity index (χ3n) is 5.22. The lowest BCUT2D eigenvalue weighted by Crippen LogP contribution is -2.39. The van der Waals surface area contributed by atoms with Crippen molar-refractivity contribution in [1.82, 2.24) is 9.88 Å². The van der Waals surface area contributed by atoms with E-state index in [0.717, 1.165) is 53.2 Å². The molecule has 1 saturated heterocycles. The van der Waals surface area contributed by atoms with Gasteiger partial charge in [0.1, 0.15) is 5.75 Å². The molecule has 1 aromatic carbocycles. The number of thiophene rings is 1. The van der Waals surface area contributed by atoms with Gasteiger partial charge < -0.3 is 9.64 Å². The number of hydrogen-bond acceptors (Lipinski definition) is 4. The highest BCUT2D eigenvalue weighted by Crippen LogP contribution is 2.32. The van der Waals surface area contributed by atoms with Crippen LogP contribution in [0.5, 0.6) is 5.75 Å². The maximum atomic E-state index is 12.7. The van der Waals surface area contributed by atoms with Crippen LogP contribution in [0.4, 0.5) is 0 Å². The molecule has 0 radical (unpaired) electrons. The van der Waals surface area contributed by atoms with Crippen molar-refractivity contribution in [3.8, 4) is 5.75 Å². The Bertz CT molecular complexity index is 937. The highest BCUT2D eigenvalue weighted by molar-refractivity contribution is 7.12. The van der Waals surface area contributed by atoms with Gasteiger partial charge in [-0.05, 0) is 60.4 Å². The van der Waals surface area contributed by atoms with Crippen LogP contribution >= 0.6 is 11.3 Å². The predicted octanol–water partition coefficient (Wildman–Crippen LogP) is 4.63. The van der Waals surface area contributed by atoms with Crippen LogP contribution < -0.4 is 4.74 Å². The van der Waals surface area contributed by atoms with Crippen LogP contribution in [0.3, 0.4) is 0 Å². The fourth-order valence-electron chi connectivity index (χ4n) is 3.77. The number of aryl methyl sites for hydroxylation is 1. The largest absolute Gasteiger partial charge is 0.496 e. The third kappa shape index (κ3) is 3.07. The first kappa shape index (κ1) is 17.0.